The minimum atomic E-state index is -3.32. The molecule has 3 nitrogen and oxygen atoms in total. The molecular weight excluding hydrogens is 164 g/mol. The van der Waals surface area contributed by atoms with Gasteiger partial charge in [0.15, 0.2) is 0 Å². The monoisotopic (exact) mass is 176 g/mol. The molecule has 0 saturated heterocycles. The SMILES string of the molecule is C=CCC1(S(=O)(=O)OC)CC1. The Labute approximate surface area is 67.2 Å². The number of hydrogen-bond donors (Lipinski definition) is 0. The van der Waals surface area contributed by atoms with Crippen LogP contribution >= 0.6 is 0 Å². The van der Waals surface area contributed by atoms with Gasteiger partial charge < -0.3 is 0 Å². The fourth-order valence-electron chi connectivity index (χ4n) is 1.14. The lowest BCUT2D eigenvalue weighted by atomic mass is 10.3. The molecular formula is C7H12O3S. The van der Waals surface area contributed by atoms with E-state index in [2.05, 4.69) is 10.8 Å². The van der Waals surface area contributed by atoms with Crippen LogP contribution in [0.5, 0.6) is 0 Å². The molecule has 1 saturated carbocycles. The third-order valence-corrected chi connectivity index (χ3v) is 4.15. The molecule has 0 aromatic carbocycles. The zero-order valence-corrected chi connectivity index (χ0v) is 7.36. The van der Waals surface area contributed by atoms with Crippen LogP contribution in [-0.4, -0.2) is 20.3 Å². The molecule has 1 aliphatic rings. The normalized spacial score (nSPS) is 21.2. The van der Waals surface area contributed by atoms with E-state index >= 15 is 0 Å². The zero-order valence-electron chi connectivity index (χ0n) is 6.54. The van der Waals surface area contributed by atoms with E-state index in [0.29, 0.717) is 19.3 Å². The maximum atomic E-state index is 11.2. The minimum Gasteiger partial charge on any atom is -0.273 e. The lowest BCUT2D eigenvalue weighted by molar-refractivity contribution is 0.384. The molecule has 0 bridgehead atoms. The lowest BCUT2D eigenvalue weighted by Gasteiger charge is -2.10. The van der Waals surface area contributed by atoms with Crippen molar-refractivity contribution in [1.29, 1.82) is 0 Å². The minimum absolute atomic E-state index is 0.503. The van der Waals surface area contributed by atoms with Crippen molar-refractivity contribution in [1.82, 2.24) is 0 Å². The number of allylic oxidation sites excluding steroid dienone is 1. The van der Waals surface area contributed by atoms with Crippen molar-refractivity contribution in [3.63, 3.8) is 0 Å². The van der Waals surface area contributed by atoms with Crippen LogP contribution in [0.3, 0.4) is 0 Å². The smallest absolute Gasteiger partial charge is 0.273 e. The van der Waals surface area contributed by atoms with Crippen molar-refractivity contribution in [3.05, 3.63) is 12.7 Å². The first-order chi connectivity index (χ1) is 5.08. The molecule has 0 aliphatic heterocycles. The second-order valence-electron chi connectivity index (χ2n) is 2.80. The summed E-state index contributed by atoms with van der Waals surface area (Å²) in [6.07, 6.45) is 3.54. The highest BCUT2D eigenvalue weighted by molar-refractivity contribution is 7.88. The van der Waals surface area contributed by atoms with Gasteiger partial charge in [-0.2, -0.15) is 8.42 Å². The summed E-state index contributed by atoms with van der Waals surface area (Å²) in [6.45, 7) is 3.51. The maximum Gasteiger partial charge on any atom is 0.273 e. The van der Waals surface area contributed by atoms with Crippen LogP contribution in [0.4, 0.5) is 0 Å². The van der Waals surface area contributed by atoms with Crippen LogP contribution in [0.25, 0.3) is 0 Å². The van der Waals surface area contributed by atoms with Gasteiger partial charge in [-0.25, -0.2) is 0 Å². The van der Waals surface area contributed by atoms with E-state index in [1.807, 2.05) is 0 Å². The molecule has 0 aromatic rings. The second-order valence-corrected chi connectivity index (χ2v) is 4.90. The highest BCUT2D eigenvalue weighted by Gasteiger charge is 2.53. The molecule has 11 heavy (non-hydrogen) atoms. The summed E-state index contributed by atoms with van der Waals surface area (Å²) in [5.41, 5.74) is 0. The van der Waals surface area contributed by atoms with Gasteiger partial charge in [0.2, 0.25) is 0 Å². The van der Waals surface area contributed by atoms with Gasteiger partial charge in [-0.15, -0.1) is 6.58 Å². The van der Waals surface area contributed by atoms with Crippen LogP contribution in [0.2, 0.25) is 0 Å². The van der Waals surface area contributed by atoms with E-state index in [1.54, 1.807) is 6.08 Å². The molecule has 0 spiro atoms. The van der Waals surface area contributed by atoms with Gasteiger partial charge in [0.25, 0.3) is 10.1 Å². The van der Waals surface area contributed by atoms with Crippen molar-refractivity contribution in [2.24, 2.45) is 0 Å². The fraction of sp³-hybridized carbons (Fsp3) is 0.714. The van der Waals surface area contributed by atoms with Crippen molar-refractivity contribution in [3.8, 4) is 0 Å². The highest BCUT2D eigenvalue weighted by Crippen LogP contribution is 2.47. The van der Waals surface area contributed by atoms with E-state index < -0.39 is 14.9 Å². The average molecular weight is 176 g/mol. The third-order valence-electron chi connectivity index (χ3n) is 2.07. The standard InChI is InChI=1S/C7H12O3S/c1-3-4-7(5-6-7)11(8,9)10-2/h3H,1,4-6H2,2H3. The molecule has 0 aromatic heterocycles. The van der Waals surface area contributed by atoms with E-state index in [9.17, 15) is 8.42 Å². The molecule has 1 fully saturated rings. The van der Waals surface area contributed by atoms with Gasteiger partial charge in [-0.1, -0.05) is 6.08 Å². The first-order valence-electron chi connectivity index (χ1n) is 3.49. The Hall–Kier alpha value is -0.350. The van der Waals surface area contributed by atoms with E-state index in [0.717, 1.165) is 0 Å². The summed E-state index contributed by atoms with van der Waals surface area (Å²) >= 11 is 0. The summed E-state index contributed by atoms with van der Waals surface area (Å²) < 4.78 is 26.2. The Balaban J connectivity index is 2.81. The van der Waals surface area contributed by atoms with Crippen LogP contribution in [0.15, 0.2) is 12.7 Å². The molecule has 1 rings (SSSR count). The summed E-state index contributed by atoms with van der Waals surface area (Å²) in [4.78, 5) is 0. The Kier molecular flexibility index (Phi) is 2.07. The average Bonchev–Trinajstić information content (AvgIpc) is 2.70. The topological polar surface area (TPSA) is 43.4 Å². The van der Waals surface area contributed by atoms with Gasteiger partial charge in [-0.05, 0) is 19.3 Å². The van der Waals surface area contributed by atoms with Crippen LogP contribution in [0.1, 0.15) is 19.3 Å². The highest BCUT2D eigenvalue weighted by atomic mass is 32.2. The molecule has 0 N–H and O–H groups in total. The Bertz CT molecular complexity index is 249. The fourth-order valence-corrected chi connectivity index (χ4v) is 2.41. The second kappa shape index (κ2) is 2.60. The molecule has 0 atom stereocenters. The van der Waals surface area contributed by atoms with Crippen molar-refractivity contribution < 1.29 is 12.6 Å². The van der Waals surface area contributed by atoms with Gasteiger partial charge >= 0.3 is 0 Å². The van der Waals surface area contributed by atoms with Crippen molar-refractivity contribution >= 4 is 10.1 Å². The summed E-state index contributed by atoms with van der Waals surface area (Å²) in [5, 5.41) is 0. The van der Waals surface area contributed by atoms with E-state index in [4.69, 9.17) is 0 Å². The van der Waals surface area contributed by atoms with E-state index in [1.165, 1.54) is 7.11 Å². The van der Waals surface area contributed by atoms with Gasteiger partial charge in [0.1, 0.15) is 4.75 Å². The molecule has 64 valence electrons. The van der Waals surface area contributed by atoms with Crippen molar-refractivity contribution in [2.75, 3.05) is 7.11 Å². The Morgan fingerprint density at radius 3 is 2.45 bits per heavy atom. The summed E-state index contributed by atoms with van der Waals surface area (Å²) in [7, 11) is -2.11. The van der Waals surface area contributed by atoms with Crippen LogP contribution < -0.4 is 0 Å². The molecule has 0 unspecified atom stereocenters. The summed E-state index contributed by atoms with van der Waals surface area (Å²) in [5.74, 6) is 0. The van der Waals surface area contributed by atoms with Gasteiger partial charge in [-0.3, -0.25) is 4.18 Å². The molecule has 0 radical (unpaired) electrons. The van der Waals surface area contributed by atoms with Crippen molar-refractivity contribution in [2.45, 2.75) is 24.0 Å². The van der Waals surface area contributed by atoms with Crippen LogP contribution in [-0.2, 0) is 14.3 Å². The molecule has 0 amide bonds. The zero-order chi connectivity index (χ0) is 8.54. The lowest BCUT2D eigenvalue weighted by Crippen LogP contribution is -2.23. The van der Waals surface area contributed by atoms with E-state index in [-0.39, 0.29) is 0 Å². The first-order valence-corrected chi connectivity index (χ1v) is 4.90. The van der Waals surface area contributed by atoms with Gasteiger partial charge in [0, 0.05) is 0 Å². The summed E-state index contributed by atoms with van der Waals surface area (Å²) in [6, 6.07) is 0. The largest absolute Gasteiger partial charge is 0.273 e. The molecule has 4 heteroatoms. The Morgan fingerprint density at radius 1 is 1.64 bits per heavy atom. The first kappa shape index (κ1) is 8.74. The third kappa shape index (κ3) is 1.32. The van der Waals surface area contributed by atoms with Gasteiger partial charge in [0.05, 0.1) is 7.11 Å². The molecule has 1 aliphatic carbocycles. The quantitative estimate of drug-likeness (QED) is 0.475. The Morgan fingerprint density at radius 2 is 2.18 bits per heavy atom. The maximum absolute atomic E-state index is 11.2. The molecule has 0 heterocycles. The number of hydrogen-bond acceptors (Lipinski definition) is 3. The predicted octanol–water partition coefficient (Wildman–Crippen LogP) is 1.07. The number of rotatable bonds is 4. The predicted molar refractivity (Wildman–Crippen MR) is 42.7 cm³/mol. The van der Waals surface area contributed by atoms with Crippen LogP contribution in [0, 0.1) is 0 Å².